The molecule has 0 fully saturated rings. The maximum Gasteiger partial charge on any atom is 0.415 e. The molecule has 13 nitrogen and oxygen atoms in total. The second-order valence-corrected chi connectivity index (χ2v) is 15.8. The summed E-state index contributed by atoms with van der Waals surface area (Å²) in [7, 11) is 1.64. The number of amides is 3. The quantitative estimate of drug-likeness (QED) is 0.158. The highest BCUT2D eigenvalue weighted by Crippen LogP contribution is 2.39. The van der Waals surface area contributed by atoms with Crippen molar-refractivity contribution in [1.82, 2.24) is 20.1 Å². The number of carbonyl (C=O) groups is 5. The number of allylic oxidation sites excluding steroid dienone is 4. The second kappa shape index (κ2) is 18.9. The highest BCUT2D eigenvalue weighted by molar-refractivity contribution is 8.15. The van der Waals surface area contributed by atoms with Crippen LogP contribution in [0.25, 0.3) is 10.2 Å². The van der Waals surface area contributed by atoms with Gasteiger partial charge in [-0.25, -0.2) is 9.78 Å². The minimum Gasteiger partial charge on any atom is -0.410 e. The van der Waals surface area contributed by atoms with Gasteiger partial charge in [0.2, 0.25) is 11.8 Å². The highest BCUT2D eigenvalue weighted by atomic mass is 32.2. The van der Waals surface area contributed by atoms with Crippen LogP contribution >= 0.6 is 23.1 Å². The highest BCUT2D eigenvalue weighted by Gasteiger charge is 2.39. The molecule has 1 N–H and O–H groups in total. The zero-order chi connectivity index (χ0) is 38.9. The topological polar surface area (TPSA) is 157 Å². The zero-order valence-electron chi connectivity index (χ0n) is 32.0. The second-order valence-electron chi connectivity index (χ2n) is 13.8. The molecule has 0 bridgehead atoms. The number of nitrogens with zero attached hydrogens (tertiary/aromatic N) is 4. The molecule has 2 heterocycles. The largest absolute Gasteiger partial charge is 0.415 e. The molecule has 0 spiro atoms. The van der Waals surface area contributed by atoms with Crippen molar-refractivity contribution in [2.45, 2.75) is 67.3 Å². The molecule has 2 aliphatic rings. The average Bonchev–Trinajstić information content (AvgIpc) is 3.74. The zero-order valence-corrected chi connectivity index (χ0v) is 33.6. The molecular weight excluding hydrogens is 719 g/mol. The van der Waals surface area contributed by atoms with E-state index in [1.54, 1.807) is 65.6 Å². The molecule has 1 aliphatic heterocycles. The summed E-state index contributed by atoms with van der Waals surface area (Å²) in [5.41, 5.74) is 1.46. The van der Waals surface area contributed by atoms with Crippen molar-refractivity contribution in [3.05, 3.63) is 45.5 Å². The first kappa shape index (κ1) is 41.8. The van der Waals surface area contributed by atoms with Crippen molar-refractivity contribution < 1.29 is 38.2 Å². The van der Waals surface area contributed by atoms with Crippen molar-refractivity contribution in [2.75, 3.05) is 65.4 Å². The third-order valence-corrected chi connectivity index (χ3v) is 11.5. The normalized spacial score (nSPS) is 16.4. The number of fused-ring (bicyclic) bond motifs is 1. The molecule has 288 valence electrons. The molecule has 1 aromatic heterocycles. The van der Waals surface area contributed by atoms with E-state index in [0.717, 1.165) is 26.0 Å². The lowest BCUT2D eigenvalue weighted by molar-refractivity contribution is -0.132. The fraction of sp³-hybridized carbons (Fsp3) is 0.553. The number of thiazole rings is 1. The molecule has 0 saturated heterocycles. The number of hydrogen-bond acceptors (Lipinski definition) is 12. The molecule has 3 amide bonds. The Bertz CT molecular complexity index is 1810. The van der Waals surface area contributed by atoms with Gasteiger partial charge in [-0.2, -0.15) is 0 Å². The predicted molar refractivity (Wildman–Crippen MR) is 208 cm³/mol. The predicted octanol–water partition coefficient (Wildman–Crippen LogP) is 5.22. The maximum atomic E-state index is 13.6. The third kappa shape index (κ3) is 11.1. The van der Waals surface area contributed by atoms with Gasteiger partial charge in [0.05, 0.1) is 42.7 Å². The average molecular weight is 770 g/mol. The van der Waals surface area contributed by atoms with Crippen LogP contribution in [0.15, 0.2) is 45.5 Å². The number of rotatable bonds is 18. The molecule has 1 unspecified atom stereocenters. The fourth-order valence-electron chi connectivity index (χ4n) is 5.96. The standard InChI is InChI=1S/C38H51N5O8S2/c1-9-39-30(44)12-16-49-18-19-50-17-15-43(37(48)51-27-10-11-28-29(20-27)53-36(41-28)35-40-23(2)22-52-35)14-13-42(8)31(45)21-38(6,7)32-26(5)33(46)24(3)25(4)34(32)47/h10-11,20,23H,9,12-19,21-22H2,1-8H3,(H,39,44). The van der Waals surface area contributed by atoms with Crippen LogP contribution in [0.2, 0.25) is 0 Å². The van der Waals surface area contributed by atoms with Crippen molar-refractivity contribution >= 4 is 67.8 Å². The van der Waals surface area contributed by atoms with E-state index in [4.69, 9.17) is 19.2 Å². The van der Waals surface area contributed by atoms with Gasteiger partial charge in [0.15, 0.2) is 11.6 Å². The number of nitrogens with one attached hydrogen (secondary N) is 1. The van der Waals surface area contributed by atoms with E-state index in [-0.39, 0.29) is 88.3 Å². The van der Waals surface area contributed by atoms with Crippen molar-refractivity contribution in [1.29, 1.82) is 0 Å². The first-order valence-electron chi connectivity index (χ1n) is 17.9. The molecule has 4 rings (SSSR count). The van der Waals surface area contributed by atoms with E-state index in [1.165, 1.54) is 21.1 Å². The van der Waals surface area contributed by atoms with Gasteiger partial charge < -0.3 is 29.3 Å². The lowest BCUT2D eigenvalue weighted by atomic mass is 9.71. The Morgan fingerprint density at radius 3 is 2.34 bits per heavy atom. The van der Waals surface area contributed by atoms with Crippen LogP contribution in [0.1, 0.15) is 66.3 Å². The molecule has 1 aliphatic carbocycles. The van der Waals surface area contributed by atoms with Crippen LogP contribution in [0.3, 0.4) is 0 Å². The number of aliphatic imine (C=N–C) groups is 1. The van der Waals surface area contributed by atoms with Gasteiger partial charge in [-0.3, -0.25) is 24.2 Å². The van der Waals surface area contributed by atoms with Crippen LogP contribution in [0.4, 0.5) is 4.79 Å². The van der Waals surface area contributed by atoms with Gasteiger partial charge in [-0.15, -0.1) is 23.1 Å². The Kier molecular flexibility index (Phi) is 14.9. The van der Waals surface area contributed by atoms with Gasteiger partial charge >= 0.3 is 6.09 Å². The number of thioether (sulfide) groups is 1. The summed E-state index contributed by atoms with van der Waals surface area (Å²) in [4.78, 5) is 77.1. The van der Waals surface area contributed by atoms with E-state index in [0.29, 0.717) is 34.6 Å². The van der Waals surface area contributed by atoms with E-state index in [1.807, 2.05) is 13.0 Å². The van der Waals surface area contributed by atoms with Crippen LogP contribution in [-0.2, 0) is 28.7 Å². The fourth-order valence-corrected chi connectivity index (χ4v) is 8.05. The molecule has 1 aromatic carbocycles. The number of hydrogen-bond donors (Lipinski definition) is 1. The molecular formula is C38H51N5O8S2. The number of aromatic nitrogens is 1. The Hall–Kier alpha value is -3.92. The summed E-state index contributed by atoms with van der Waals surface area (Å²) in [6.45, 7) is 14.5. The van der Waals surface area contributed by atoms with Crippen LogP contribution in [0, 0.1) is 5.41 Å². The van der Waals surface area contributed by atoms with Crippen molar-refractivity contribution in [3.8, 4) is 5.75 Å². The summed E-state index contributed by atoms with van der Waals surface area (Å²) in [6.07, 6.45) is -0.345. The monoisotopic (exact) mass is 769 g/mol. The SMILES string of the molecule is CCNC(=O)CCOCCOCCN(CCN(C)C(=O)CC(C)(C)C1=C(C)C(=O)C(C)=C(C)C1=O)C(=O)Oc1ccc2nc(C3=NC(C)CS3)sc2c1. The first-order chi connectivity index (χ1) is 25.1. The number of ketones is 2. The van der Waals surface area contributed by atoms with Gasteiger partial charge in [-0.05, 0) is 46.8 Å². The summed E-state index contributed by atoms with van der Waals surface area (Å²) in [5.74, 6) is 0.578. The van der Waals surface area contributed by atoms with Crippen LogP contribution < -0.4 is 10.1 Å². The molecule has 0 saturated carbocycles. The van der Waals surface area contributed by atoms with Crippen molar-refractivity contribution in [2.24, 2.45) is 10.4 Å². The number of benzene rings is 1. The Morgan fingerprint density at radius 2 is 1.66 bits per heavy atom. The molecule has 2 aromatic rings. The minimum absolute atomic E-state index is 0.00409. The van der Waals surface area contributed by atoms with Crippen LogP contribution in [0.5, 0.6) is 5.75 Å². The number of Topliss-reactive ketones (excluding diaryl/α,β-unsaturated/α-hetero) is 2. The van der Waals surface area contributed by atoms with Gasteiger partial charge in [0, 0.05) is 85.6 Å². The van der Waals surface area contributed by atoms with E-state index >= 15 is 0 Å². The Labute approximate surface area is 319 Å². The van der Waals surface area contributed by atoms with E-state index < -0.39 is 11.5 Å². The van der Waals surface area contributed by atoms with Gasteiger partial charge in [0.1, 0.15) is 15.8 Å². The van der Waals surface area contributed by atoms with Gasteiger partial charge in [-0.1, -0.05) is 13.8 Å². The molecule has 1 atom stereocenters. The number of ether oxygens (including phenoxy) is 3. The summed E-state index contributed by atoms with van der Waals surface area (Å²) in [5, 5.41) is 4.48. The maximum absolute atomic E-state index is 13.6. The molecule has 53 heavy (non-hydrogen) atoms. The summed E-state index contributed by atoms with van der Waals surface area (Å²) in [6, 6.07) is 5.55. The summed E-state index contributed by atoms with van der Waals surface area (Å²) >= 11 is 3.18. The van der Waals surface area contributed by atoms with Crippen molar-refractivity contribution in [3.63, 3.8) is 0 Å². The van der Waals surface area contributed by atoms with E-state index in [2.05, 4.69) is 17.2 Å². The van der Waals surface area contributed by atoms with E-state index in [9.17, 15) is 24.0 Å². The molecule has 15 heteroatoms. The summed E-state index contributed by atoms with van der Waals surface area (Å²) < 4.78 is 17.9. The first-order valence-corrected chi connectivity index (χ1v) is 19.7. The Balaban J connectivity index is 1.38. The Morgan fingerprint density at radius 1 is 0.962 bits per heavy atom. The third-order valence-electron chi connectivity index (χ3n) is 9.12. The number of carbonyl (C=O) groups excluding carboxylic acids is 5. The lowest BCUT2D eigenvalue weighted by Crippen LogP contribution is -2.43. The minimum atomic E-state index is -0.894. The van der Waals surface area contributed by atoms with Gasteiger partial charge in [0.25, 0.3) is 0 Å². The smallest absolute Gasteiger partial charge is 0.410 e. The van der Waals surface area contributed by atoms with Crippen LogP contribution in [-0.4, -0.2) is 121 Å². The number of likely N-dealkylation sites (N-methyl/N-ethyl adjacent to an activating group) is 1. The molecule has 0 radical (unpaired) electrons. The lowest BCUT2D eigenvalue weighted by Gasteiger charge is -2.33.